The lowest BCUT2D eigenvalue weighted by molar-refractivity contribution is -0.143. The van der Waals surface area contributed by atoms with Crippen LogP contribution in [0.2, 0.25) is 0 Å². The number of amides is 4. The molecule has 4 aromatic rings. The largest absolute Gasteiger partial charge is 0.483 e. The maximum atomic E-state index is 14.0. The van der Waals surface area contributed by atoms with Gasteiger partial charge in [0.1, 0.15) is 18.4 Å². The maximum Gasteiger partial charge on any atom is 0.319 e. The van der Waals surface area contributed by atoms with Crippen molar-refractivity contribution in [2.75, 3.05) is 25.0 Å². The van der Waals surface area contributed by atoms with Crippen molar-refractivity contribution in [3.63, 3.8) is 0 Å². The molecule has 236 valence electrons. The summed E-state index contributed by atoms with van der Waals surface area (Å²) >= 11 is 0. The second kappa shape index (κ2) is 15.4. The molecule has 0 aromatic heterocycles. The van der Waals surface area contributed by atoms with Gasteiger partial charge in [0.2, 0.25) is 5.91 Å². The zero-order chi connectivity index (χ0) is 32.3. The molecule has 1 heterocycles. The summed E-state index contributed by atoms with van der Waals surface area (Å²) in [6.45, 7) is 2.09. The van der Waals surface area contributed by atoms with Crippen LogP contribution in [0.25, 0.3) is 0 Å². The van der Waals surface area contributed by atoms with Crippen LogP contribution in [-0.2, 0) is 20.9 Å². The van der Waals surface area contributed by atoms with Gasteiger partial charge in [-0.2, -0.15) is 0 Å². The number of benzene rings is 4. The van der Waals surface area contributed by atoms with Crippen LogP contribution in [0.15, 0.2) is 109 Å². The molecule has 3 N–H and O–H groups in total. The van der Waals surface area contributed by atoms with Gasteiger partial charge in [-0.3, -0.25) is 14.4 Å². The van der Waals surface area contributed by atoms with E-state index in [1.807, 2.05) is 91.0 Å². The molecule has 2 unspecified atom stereocenters. The van der Waals surface area contributed by atoms with E-state index in [2.05, 4.69) is 16.0 Å². The molecule has 0 saturated heterocycles. The van der Waals surface area contributed by atoms with Crippen LogP contribution in [0.1, 0.15) is 52.5 Å². The fourth-order valence-electron chi connectivity index (χ4n) is 5.19. The first-order chi connectivity index (χ1) is 22.4. The minimum atomic E-state index is -0.645. The Hall–Kier alpha value is -5.64. The van der Waals surface area contributed by atoms with Crippen molar-refractivity contribution < 1.29 is 28.7 Å². The fraction of sp³-hybridized carbons (Fsp3) is 0.222. The normalized spacial score (nSPS) is 14.6. The molecule has 4 aromatic carbocycles. The van der Waals surface area contributed by atoms with Crippen LogP contribution in [-0.4, -0.2) is 48.4 Å². The third-order valence-corrected chi connectivity index (χ3v) is 7.43. The number of nitrogens with zero attached hydrogens (tertiary/aromatic N) is 1. The molecule has 0 bridgehead atoms. The summed E-state index contributed by atoms with van der Waals surface area (Å²) in [5.41, 5.74) is 3.12. The van der Waals surface area contributed by atoms with Gasteiger partial charge in [0, 0.05) is 12.2 Å². The average Bonchev–Trinajstić information content (AvgIpc) is 3.21. The quantitative estimate of drug-likeness (QED) is 0.193. The van der Waals surface area contributed by atoms with Crippen molar-refractivity contribution in [3.05, 3.63) is 131 Å². The number of hydrogen-bond acceptors (Lipinski definition) is 6. The molecule has 0 radical (unpaired) electrons. The third kappa shape index (κ3) is 8.50. The summed E-state index contributed by atoms with van der Waals surface area (Å²) in [7, 11) is 0. The molecular weight excluding hydrogens is 584 g/mol. The first kappa shape index (κ1) is 31.8. The molecule has 10 heteroatoms. The molecule has 0 fully saturated rings. The summed E-state index contributed by atoms with van der Waals surface area (Å²) in [4.78, 5) is 53.9. The highest BCUT2D eigenvalue weighted by molar-refractivity contribution is 6.01. The van der Waals surface area contributed by atoms with Crippen LogP contribution in [0, 0.1) is 0 Å². The zero-order valence-electron chi connectivity index (χ0n) is 25.5. The van der Waals surface area contributed by atoms with Crippen LogP contribution in [0.5, 0.6) is 5.75 Å². The monoisotopic (exact) mass is 620 g/mol. The van der Waals surface area contributed by atoms with Gasteiger partial charge >= 0.3 is 12.0 Å². The summed E-state index contributed by atoms with van der Waals surface area (Å²) in [5, 5.41) is 8.49. The molecule has 0 aliphatic carbocycles. The van der Waals surface area contributed by atoms with Gasteiger partial charge < -0.3 is 30.3 Å². The number of ether oxygens (including phenoxy) is 2. The number of esters is 1. The summed E-state index contributed by atoms with van der Waals surface area (Å²) in [6, 6.07) is 31.9. The topological polar surface area (TPSA) is 126 Å². The van der Waals surface area contributed by atoms with Gasteiger partial charge in [-0.15, -0.1) is 0 Å². The predicted molar refractivity (Wildman–Crippen MR) is 173 cm³/mol. The molecule has 0 saturated carbocycles. The summed E-state index contributed by atoms with van der Waals surface area (Å²) in [6.07, 6.45) is -0.617. The number of rotatable bonds is 11. The van der Waals surface area contributed by atoms with E-state index >= 15 is 0 Å². The fourth-order valence-corrected chi connectivity index (χ4v) is 5.19. The highest BCUT2D eigenvalue weighted by Gasteiger charge is 2.32. The Morgan fingerprint density at radius 1 is 0.913 bits per heavy atom. The Labute approximate surface area is 267 Å². The number of carbonyl (C=O) groups is 4. The number of anilines is 1. The van der Waals surface area contributed by atoms with Crippen LogP contribution >= 0.6 is 0 Å². The van der Waals surface area contributed by atoms with Gasteiger partial charge in [-0.25, -0.2) is 4.79 Å². The molecule has 46 heavy (non-hydrogen) atoms. The van der Waals surface area contributed by atoms with Crippen LogP contribution in [0.4, 0.5) is 10.5 Å². The van der Waals surface area contributed by atoms with Crippen LogP contribution < -0.4 is 20.7 Å². The van der Waals surface area contributed by atoms with E-state index in [-0.39, 0.29) is 31.7 Å². The average molecular weight is 621 g/mol. The minimum Gasteiger partial charge on any atom is -0.483 e. The van der Waals surface area contributed by atoms with E-state index in [1.54, 1.807) is 25.1 Å². The van der Waals surface area contributed by atoms with E-state index in [0.29, 0.717) is 18.0 Å². The van der Waals surface area contributed by atoms with Crippen molar-refractivity contribution >= 4 is 29.5 Å². The second-order valence-corrected chi connectivity index (χ2v) is 10.7. The lowest BCUT2D eigenvalue weighted by Crippen LogP contribution is -2.43. The van der Waals surface area contributed by atoms with Gasteiger partial charge in [0.15, 0.2) is 0 Å². The number of urea groups is 1. The molecule has 2 atom stereocenters. The smallest absolute Gasteiger partial charge is 0.319 e. The summed E-state index contributed by atoms with van der Waals surface area (Å²) in [5.74, 6) is -0.988. The lowest BCUT2D eigenvalue weighted by atomic mass is 10.0. The minimum absolute atomic E-state index is 0.0580. The van der Waals surface area contributed by atoms with E-state index in [4.69, 9.17) is 9.47 Å². The Kier molecular flexibility index (Phi) is 10.6. The number of fused-ring (bicyclic) bond motifs is 1. The SMILES string of the molecule is CCOC(=O)CC(NC(=O)CN1CC(c2ccccc2)Oc2ccc(NC(=O)NCc3ccccc3)cc2C1=O)c1ccccc1. The third-order valence-electron chi connectivity index (χ3n) is 7.43. The second-order valence-electron chi connectivity index (χ2n) is 10.7. The Bertz CT molecular complexity index is 1650. The van der Waals surface area contributed by atoms with E-state index in [0.717, 1.165) is 16.7 Å². The molecule has 0 spiro atoms. The Balaban J connectivity index is 1.35. The molecule has 1 aliphatic heterocycles. The maximum absolute atomic E-state index is 14.0. The van der Waals surface area contributed by atoms with Gasteiger partial charge in [-0.05, 0) is 41.8 Å². The highest BCUT2D eigenvalue weighted by atomic mass is 16.5. The first-order valence-electron chi connectivity index (χ1n) is 15.1. The molecular formula is C36H36N4O6. The van der Waals surface area contributed by atoms with Crippen LogP contribution in [0.3, 0.4) is 0 Å². The van der Waals surface area contributed by atoms with Crippen molar-refractivity contribution in [1.82, 2.24) is 15.5 Å². The standard InChI is InChI=1S/C36H36N4O6/c1-2-45-34(42)21-30(26-14-8-4-9-15-26)39-33(41)24-40-23-32(27-16-10-5-11-17-27)46-31-19-18-28(20-29(31)35(40)43)38-36(44)37-22-25-12-6-3-7-13-25/h3-20,30,32H,2,21-24H2,1H3,(H,39,41)(H2,37,38,44). The Morgan fingerprint density at radius 2 is 1.59 bits per heavy atom. The molecule has 5 rings (SSSR count). The first-order valence-corrected chi connectivity index (χ1v) is 15.1. The number of hydrogen-bond donors (Lipinski definition) is 3. The van der Waals surface area contributed by atoms with Crippen molar-refractivity contribution in [2.24, 2.45) is 0 Å². The highest BCUT2D eigenvalue weighted by Crippen LogP contribution is 2.33. The zero-order valence-corrected chi connectivity index (χ0v) is 25.5. The molecule has 10 nitrogen and oxygen atoms in total. The van der Waals surface area contributed by atoms with E-state index in [1.165, 1.54) is 4.90 Å². The van der Waals surface area contributed by atoms with Crippen molar-refractivity contribution in [1.29, 1.82) is 0 Å². The van der Waals surface area contributed by atoms with Crippen molar-refractivity contribution in [2.45, 2.75) is 32.0 Å². The van der Waals surface area contributed by atoms with Gasteiger partial charge in [0.25, 0.3) is 5.91 Å². The number of nitrogens with one attached hydrogen (secondary N) is 3. The predicted octanol–water partition coefficient (Wildman–Crippen LogP) is 5.39. The van der Waals surface area contributed by atoms with Gasteiger partial charge in [-0.1, -0.05) is 91.0 Å². The van der Waals surface area contributed by atoms with E-state index < -0.39 is 36.0 Å². The number of carbonyl (C=O) groups excluding carboxylic acids is 4. The van der Waals surface area contributed by atoms with Gasteiger partial charge in [0.05, 0.1) is 31.2 Å². The van der Waals surface area contributed by atoms with Crippen molar-refractivity contribution in [3.8, 4) is 5.75 Å². The molecule has 4 amide bonds. The Morgan fingerprint density at radius 3 is 2.28 bits per heavy atom. The van der Waals surface area contributed by atoms with E-state index in [9.17, 15) is 19.2 Å². The lowest BCUT2D eigenvalue weighted by Gasteiger charge is -2.25. The summed E-state index contributed by atoms with van der Waals surface area (Å²) < 4.78 is 11.5. The molecule has 1 aliphatic rings.